The van der Waals surface area contributed by atoms with Gasteiger partial charge in [-0.25, -0.2) is 0 Å². The van der Waals surface area contributed by atoms with E-state index in [1.807, 2.05) is 0 Å². The lowest BCUT2D eigenvalue weighted by Crippen LogP contribution is -2.18. The maximum Gasteiger partial charge on any atom is 0.573 e. The zero-order valence-corrected chi connectivity index (χ0v) is 10.9. The Bertz CT molecular complexity index is 601. The third kappa shape index (κ3) is 3.88. The molecule has 0 saturated heterocycles. The summed E-state index contributed by atoms with van der Waals surface area (Å²) in [5.41, 5.74) is 7.24. The van der Waals surface area contributed by atoms with Gasteiger partial charge in [-0.3, -0.25) is 0 Å². The Morgan fingerprint density at radius 1 is 1.00 bits per heavy atom. The summed E-state index contributed by atoms with van der Waals surface area (Å²) < 4.78 is 40.4. The van der Waals surface area contributed by atoms with E-state index in [2.05, 4.69) is 4.74 Å². The van der Waals surface area contributed by atoms with Gasteiger partial charge in [-0.05, 0) is 35.4 Å². The van der Waals surface area contributed by atoms with Crippen LogP contribution >= 0.6 is 11.6 Å². The summed E-state index contributed by atoms with van der Waals surface area (Å²) in [6.45, 7) is 0. The highest BCUT2D eigenvalue weighted by molar-refractivity contribution is 6.30. The van der Waals surface area contributed by atoms with Crippen molar-refractivity contribution >= 4 is 11.6 Å². The van der Waals surface area contributed by atoms with E-state index in [0.717, 1.165) is 0 Å². The lowest BCUT2D eigenvalue weighted by atomic mass is 9.99. The summed E-state index contributed by atoms with van der Waals surface area (Å²) in [5.74, 6) is -0.299. The zero-order valence-electron chi connectivity index (χ0n) is 10.2. The van der Waals surface area contributed by atoms with E-state index < -0.39 is 12.4 Å². The van der Waals surface area contributed by atoms with E-state index in [9.17, 15) is 13.2 Å². The Labute approximate surface area is 118 Å². The molecule has 106 valence electrons. The number of halogens is 4. The van der Waals surface area contributed by atoms with Crippen LogP contribution in [0.15, 0.2) is 48.5 Å². The van der Waals surface area contributed by atoms with Crippen LogP contribution in [0.1, 0.15) is 17.2 Å². The van der Waals surface area contributed by atoms with Crippen molar-refractivity contribution in [3.05, 3.63) is 64.7 Å². The van der Waals surface area contributed by atoms with Crippen LogP contribution in [-0.4, -0.2) is 6.36 Å². The van der Waals surface area contributed by atoms with Crippen molar-refractivity contribution in [1.29, 1.82) is 0 Å². The lowest BCUT2D eigenvalue weighted by Gasteiger charge is -2.15. The van der Waals surface area contributed by atoms with Crippen molar-refractivity contribution in [3.63, 3.8) is 0 Å². The summed E-state index contributed by atoms with van der Waals surface area (Å²) in [4.78, 5) is 0. The van der Waals surface area contributed by atoms with Crippen molar-refractivity contribution < 1.29 is 17.9 Å². The van der Waals surface area contributed by atoms with E-state index in [-0.39, 0.29) is 5.75 Å². The van der Waals surface area contributed by atoms with Gasteiger partial charge in [-0.2, -0.15) is 0 Å². The molecular weight excluding hydrogens is 291 g/mol. The molecular formula is C14H11ClF3NO. The molecule has 0 aliphatic rings. The quantitative estimate of drug-likeness (QED) is 0.918. The second-order valence-electron chi connectivity index (χ2n) is 4.15. The largest absolute Gasteiger partial charge is 0.573 e. The van der Waals surface area contributed by atoms with E-state index in [1.54, 1.807) is 30.3 Å². The van der Waals surface area contributed by atoms with Crippen molar-refractivity contribution in [3.8, 4) is 5.75 Å². The lowest BCUT2D eigenvalue weighted by molar-refractivity contribution is -0.274. The maximum atomic E-state index is 12.2. The number of nitrogens with two attached hydrogens (primary N) is 1. The number of hydrogen-bond donors (Lipinski definition) is 1. The Hall–Kier alpha value is -1.72. The molecule has 0 saturated carbocycles. The maximum absolute atomic E-state index is 12.2. The van der Waals surface area contributed by atoms with Gasteiger partial charge in [0.2, 0.25) is 0 Å². The van der Waals surface area contributed by atoms with Gasteiger partial charge < -0.3 is 10.5 Å². The van der Waals surface area contributed by atoms with Gasteiger partial charge in [0, 0.05) is 5.02 Å². The fourth-order valence-corrected chi connectivity index (χ4v) is 2.00. The van der Waals surface area contributed by atoms with Crippen LogP contribution in [-0.2, 0) is 0 Å². The summed E-state index contributed by atoms with van der Waals surface area (Å²) in [6, 6.07) is 11.9. The summed E-state index contributed by atoms with van der Waals surface area (Å²) in [5, 5.41) is 0.514. The van der Waals surface area contributed by atoms with Gasteiger partial charge in [0.05, 0.1) is 6.04 Å². The zero-order chi connectivity index (χ0) is 14.8. The van der Waals surface area contributed by atoms with E-state index in [0.29, 0.717) is 16.1 Å². The van der Waals surface area contributed by atoms with E-state index in [4.69, 9.17) is 17.3 Å². The minimum Gasteiger partial charge on any atom is -0.406 e. The molecule has 6 heteroatoms. The van der Waals surface area contributed by atoms with Gasteiger partial charge in [-0.15, -0.1) is 13.2 Å². The molecule has 20 heavy (non-hydrogen) atoms. The molecule has 0 bridgehead atoms. The second kappa shape index (κ2) is 5.73. The predicted octanol–water partition coefficient (Wildman–Crippen LogP) is 4.29. The molecule has 0 aromatic heterocycles. The Morgan fingerprint density at radius 2 is 1.60 bits per heavy atom. The fraction of sp³-hybridized carbons (Fsp3) is 0.143. The standard InChI is InChI=1S/C14H11ClF3NO/c15-11-5-1-3-9(7-11)13(19)10-4-2-6-12(8-10)20-14(16,17)18/h1-8,13H,19H2. The molecule has 2 nitrogen and oxygen atoms in total. The molecule has 0 heterocycles. The van der Waals surface area contributed by atoms with Crippen LogP contribution in [0.5, 0.6) is 5.75 Å². The third-order valence-corrected chi connectivity index (χ3v) is 2.89. The Kier molecular flexibility index (Phi) is 4.20. The first-order valence-electron chi connectivity index (χ1n) is 5.72. The summed E-state index contributed by atoms with van der Waals surface area (Å²) in [6.07, 6.45) is -4.72. The minimum atomic E-state index is -4.72. The molecule has 0 amide bonds. The molecule has 0 aliphatic carbocycles. The van der Waals surface area contributed by atoms with Gasteiger partial charge in [-0.1, -0.05) is 35.9 Å². The smallest absolute Gasteiger partial charge is 0.406 e. The Morgan fingerprint density at radius 3 is 2.20 bits per heavy atom. The predicted molar refractivity (Wildman–Crippen MR) is 70.6 cm³/mol. The molecule has 0 radical (unpaired) electrons. The SMILES string of the molecule is NC(c1cccc(Cl)c1)c1cccc(OC(F)(F)F)c1. The van der Waals surface area contributed by atoms with Gasteiger partial charge in [0.1, 0.15) is 5.75 Å². The molecule has 0 fully saturated rings. The van der Waals surface area contributed by atoms with Crippen LogP contribution in [0.3, 0.4) is 0 Å². The highest BCUT2D eigenvalue weighted by atomic mass is 35.5. The molecule has 2 aromatic rings. The normalized spacial score (nSPS) is 13.1. The van der Waals surface area contributed by atoms with Crippen LogP contribution < -0.4 is 10.5 Å². The molecule has 2 aromatic carbocycles. The van der Waals surface area contributed by atoms with Gasteiger partial charge in [0.25, 0.3) is 0 Å². The number of rotatable bonds is 3. The monoisotopic (exact) mass is 301 g/mol. The molecule has 0 spiro atoms. The number of benzene rings is 2. The van der Waals surface area contributed by atoms with Crippen LogP contribution in [0.25, 0.3) is 0 Å². The summed E-state index contributed by atoms with van der Waals surface area (Å²) >= 11 is 5.87. The van der Waals surface area contributed by atoms with E-state index >= 15 is 0 Å². The molecule has 2 rings (SSSR count). The average Bonchev–Trinajstić information content (AvgIpc) is 2.36. The average molecular weight is 302 g/mol. The highest BCUT2D eigenvalue weighted by Gasteiger charge is 2.31. The molecule has 1 atom stereocenters. The Balaban J connectivity index is 2.26. The van der Waals surface area contributed by atoms with Crippen LogP contribution in [0.4, 0.5) is 13.2 Å². The van der Waals surface area contributed by atoms with Crippen molar-refractivity contribution in [2.24, 2.45) is 5.73 Å². The van der Waals surface area contributed by atoms with Crippen LogP contribution in [0, 0.1) is 0 Å². The molecule has 0 aliphatic heterocycles. The topological polar surface area (TPSA) is 35.2 Å². The van der Waals surface area contributed by atoms with Crippen molar-refractivity contribution in [2.45, 2.75) is 12.4 Å². The molecule has 2 N–H and O–H groups in total. The minimum absolute atomic E-state index is 0.299. The molecule has 1 unspecified atom stereocenters. The highest BCUT2D eigenvalue weighted by Crippen LogP contribution is 2.28. The second-order valence-corrected chi connectivity index (χ2v) is 4.59. The number of hydrogen-bond acceptors (Lipinski definition) is 2. The number of ether oxygens (including phenoxy) is 1. The van der Waals surface area contributed by atoms with Crippen molar-refractivity contribution in [1.82, 2.24) is 0 Å². The first-order chi connectivity index (χ1) is 9.35. The number of alkyl halides is 3. The van der Waals surface area contributed by atoms with Gasteiger partial charge >= 0.3 is 6.36 Å². The summed E-state index contributed by atoms with van der Waals surface area (Å²) in [7, 11) is 0. The van der Waals surface area contributed by atoms with E-state index in [1.165, 1.54) is 18.2 Å². The first-order valence-corrected chi connectivity index (χ1v) is 6.10. The first kappa shape index (κ1) is 14.7. The third-order valence-electron chi connectivity index (χ3n) is 2.66. The fourth-order valence-electron chi connectivity index (χ4n) is 1.80. The van der Waals surface area contributed by atoms with Crippen LogP contribution in [0.2, 0.25) is 5.02 Å². The van der Waals surface area contributed by atoms with Crippen molar-refractivity contribution in [2.75, 3.05) is 0 Å². The van der Waals surface area contributed by atoms with Gasteiger partial charge in [0.15, 0.2) is 0 Å².